The van der Waals surface area contributed by atoms with Crippen LogP contribution in [0.3, 0.4) is 0 Å². The van der Waals surface area contributed by atoms with E-state index >= 15 is 0 Å². The fourth-order valence-electron chi connectivity index (χ4n) is 3.28. The van der Waals surface area contributed by atoms with Crippen molar-refractivity contribution in [1.29, 1.82) is 0 Å². The zero-order chi connectivity index (χ0) is 22.6. The van der Waals surface area contributed by atoms with Crippen molar-refractivity contribution >= 4 is 45.0 Å². The van der Waals surface area contributed by atoms with Crippen LogP contribution in [0.5, 0.6) is 11.5 Å². The zero-order valence-corrected chi connectivity index (χ0v) is 19.6. The van der Waals surface area contributed by atoms with Crippen molar-refractivity contribution in [2.75, 3.05) is 50.6 Å². The van der Waals surface area contributed by atoms with Crippen LogP contribution >= 0.6 is 23.4 Å². The number of carbonyl (C=O) groups excluding carboxylic acids is 1. The van der Waals surface area contributed by atoms with Crippen molar-refractivity contribution < 1.29 is 27.4 Å². The fourth-order valence-corrected chi connectivity index (χ4v) is 5.92. The van der Waals surface area contributed by atoms with Gasteiger partial charge in [0, 0.05) is 30.1 Å². The summed E-state index contributed by atoms with van der Waals surface area (Å²) in [5.41, 5.74) is 0.366. The van der Waals surface area contributed by atoms with E-state index in [9.17, 15) is 13.2 Å². The maximum atomic E-state index is 12.9. The van der Waals surface area contributed by atoms with Gasteiger partial charge < -0.3 is 19.5 Å². The average molecular weight is 499 g/mol. The lowest BCUT2D eigenvalue weighted by molar-refractivity contribution is -0.113. The van der Waals surface area contributed by atoms with Gasteiger partial charge in [-0.2, -0.15) is 4.31 Å². The van der Waals surface area contributed by atoms with Crippen molar-refractivity contribution in [1.82, 2.24) is 4.31 Å². The molecule has 2 aromatic rings. The van der Waals surface area contributed by atoms with Gasteiger partial charge in [0.25, 0.3) is 0 Å². The van der Waals surface area contributed by atoms with Gasteiger partial charge in [0.05, 0.1) is 37.2 Å². The lowest BCUT2D eigenvalue weighted by atomic mass is 10.3. The smallest absolute Gasteiger partial charge is 0.244 e. The molecule has 1 saturated heterocycles. The van der Waals surface area contributed by atoms with Crippen LogP contribution in [0.25, 0.3) is 0 Å². The summed E-state index contributed by atoms with van der Waals surface area (Å²) in [5, 5.41) is 2.85. The highest BCUT2D eigenvalue weighted by Gasteiger charge is 2.28. The predicted octanol–water partition coefficient (Wildman–Crippen LogP) is 3.25. The molecule has 1 fully saturated rings. The maximum Gasteiger partial charge on any atom is 0.244 e. The van der Waals surface area contributed by atoms with E-state index in [1.165, 1.54) is 28.2 Å². The van der Waals surface area contributed by atoms with Crippen molar-refractivity contribution in [3.8, 4) is 11.5 Å². The van der Waals surface area contributed by atoms with E-state index in [0.717, 1.165) is 11.3 Å². The van der Waals surface area contributed by atoms with Gasteiger partial charge in [-0.3, -0.25) is 4.79 Å². The van der Waals surface area contributed by atoms with E-state index in [0.29, 0.717) is 43.6 Å². The molecule has 11 heteroatoms. The number of hydrogen-bond donors (Lipinski definition) is 1. The summed E-state index contributed by atoms with van der Waals surface area (Å²) < 4.78 is 43.7. The van der Waals surface area contributed by atoms with Crippen LogP contribution in [0, 0.1) is 0 Å². The number of hydrogen-bond acceptors (Lipinski definition) is 7. The van der Waals surface area contributed by atoms with Crippen LogP contribution in [0.15, 0.2) is 46.2 Å². The molecule has 0 aromatic heterocycles. The van der Waals surface area contributed by atoms with Gasteiger partial charge in [0.15, 0.2) is 11.5 Å². The number of anilines is 1. The first kappa shape index (κ1) is 23.2. The van der Waals surface area contributed by atoms with Crippen LogP contribution in [0.4, 0.5) is 5.69 Å². The fraction of sp³-hybridized carbons (Fsp3) is 0.381. The number of ether oxygens (including phenoxy) is 3. The molecular formula is C21H23ClN2O6S2. The second-order valence-corrected chi connectivity index (χ2v) is 10.5. The Morgan fingerprint density at radius 2 is 1.78 bits per heavy atom. The first-order valence-electron chi connectivity index (χ1n) is 10.1. The summed E-state index contributed by atoms with van der Waals surface area (Å²) >= 11 is 7.52. The lowest BCUT2D eigenvalue weighted by Crippen LogP contribution is -2.40. The monoisotopic (exact) mass is 498 g/mol. The van der Waals surface area contributed by atoms with Crippen LogP contribution in [0.1, 0.15) is 6.42 Å². The highest BCUT2D eigenvalue weighted by atomic mass is 35.5. The molecule has 1 amide bonds. The Bertz CT molecular complexity index is 1090. The normalized spacial score (nSPS) is 16.9. The van der Waals surface area contributed by atoms with E-state index in [1.807, 2.05) is 18.2 Å². The number of amides is 1. The molecule has 2 aromatic carbocycles. The second kappa shape index (κ2) is 10.3. The third-order valence-electron chi connectivity index (χ3n) is 4.89. The molecule has 0 atom stereocenters. The van der Waals surface area contributed by atoms with Gasteiger partial charge in [0.1, 0.15) is 4.90 Å². The van der Waals surface area contributed by atoms with Gasteiger partial charge >= 0.3 is 0 Å². The Hall–Kier alpha value is -1.98. The number of sulfonamides is 1. The number of halogens is 1. The van der Waals surface area contributed by atoms with E-state index in [-0.39, 0.29) is 34.7 Å². The highest BCUT2D eigenvalue weighted by molar-refractivity contribution is 8.00. The molecule has 172 valence electrons. The first-order chi connectivity index (χ1) is 15.4. The standard InChI is InChI=1S/C21H23ClN2O6S2/c22-17-4-2-15(12-20(17)32(26,27)24-6-10-28-11-7-24)23-21(25)14-31-16-3-5-18-19(13-16)30-9-1-8-29-18/h2-5,12-13H,1,6-11,14H2,(H,23,25). The van der Waals surface area contributed by atoms with Crippen LogP contribution in [0.2, 0.25) is 5.02 Å². The summed E-state index contributed by atoms with van der Waals surface area (Å²) in [4.78, 5) is 13.3. The molecule has 4 rings (SSSR count). The summed E-state index contributed by atoms with van der Waals surface area (Å²) in [6.07, 6.45) is 0.823. The first-order valence-corrected chi connectivity index (χ1v) is 12.9. The Kier molecular flexibility index (Phi) is 7.47. The Morgan fingerprint density at radius 1 is 1.03 bits per heavy atom. The summed E-state index contributed by atoms with van der Waals surface area (Å²) in [7, 11) is -3.78. The number of fused-ring (bicyclic) bond motifs is 1. The number of benzene rings is 2. The van der Waals surface area contributed by atoms with Gasteiger partial charge in [-0.1, -0.05) is 11.6 Å². The molecule has 32 heavy (non-hydrogen) atoms. The summed E-state index contributed by atoms with van der Waals surface area (Å²) in [6.45, 7) is 2.41. The van der Waals surface area contributed by atoms with Crippen LogP contribution in [-0.4, -0.2) is 63.9 Å². The molecule has 0 bridgehead atoms. The molecular weight excluding hydrogens is 476 g/mol. The third kappa shape index (κ3) is 5.49. The number of nitrogens with one attached hydrogen (secondary N) is 1. The number of thioether (sulfide) groups is 1. The van der Waals surface area contributed by atoms with Crippen molar-refractivity contribution in [3.63, 3.8) is 0 Å². The van der Waals surface area contributed by atoms with Crippen molar-refractivity contribution in [3.05, 3.63) is 41.4 Å². The van der Waals surface area contributed by atoms with Gasteiger partial charge in [-0.15, -0.1) is 11.8 Å². The Morgan fingerprint density at radius 3 is 2.56 bits per heavy atom. The molecule has 2 aliphatic heterocycles. The number of nitrogens with zero attached hydrogens (tertiary/aromatic N) is 1. The number of rotatable bonds is 6. The van der Waals surface area contributed by atoms with Crippen LogP contribution in [-0.2, 0) is 19.6 Å². The Labute approximate surface area is 196 Å². The predicted molar refractivity (Wildman–Crippen MR) is 122 cm³/mol. The quantitative estimate of drug-likeness (QED) is 0.611. The summed E-state index contributed by atoms with van der Waals surface area (Å²) in [5.74, 6) is 1.25. The average Bonchev–Trinajstić information content (AvgIpc) is 3.04. The van der Waals surface area contributed by atoms with Gasteiger partial charge in [0.2, 0.25) is 15.9 Å². The molecule has 0 radical (unpaired) electrons. The van der Waals surface area contributed by atoms with Crippen molar-refractivity contribution in [2.45, 2.75) is 16.2 Å². The van der Waals surface area contributed by atoms with E-state index in [2.05, 4.69) is 5.32 Å². The molecule has 2 aliphatic rings. The van der Waals surface area contributed by atoms with E-state index in [1.54, 1.807) is 6.07 Å². The SMILES string of the molecule is O=C(CSc1ccc2c(c1)OCCCO2)Nc1ccc(Cl)c(S(=O)(=O)N2CCOCC2)c1. The minimum atomic E-state index is -3.78. The molecule has 0 saturated carbocycles. The second-order valence-electron chi connectivity index (χ2n) is 7.16. The van der Waals surface area contributed by atoms with Gasteiger partial charge in [-0.25, -0.2) is 8.42 Å². The molecule has 8 nitrogen and oxygen atoms in total. The topological polar surface area (TPSA) is 94.2 Å². The molecule has 2 heterocycles. The van der Waals surface area contributed by atoms with Crippen LogP contribution < -0.4 is 14.8 Å². The van der Waals surface area contributed by atoms with E-state index < -0.39 is 10.0 Å². The van der Waals surface area contributed by atoms with Gasteiger partial charge in [-0.05, 0) is 36.4 Å². The van der Waals surface area contributed by atoms with E-state index in [4.69, 9.17) is 25.8 Å². The molecule has 0 spiro atoms. The summed E-state index contributed by atoms with van der Waals surface area (Å²) in [6, 6.07) is 10.0. The minimum absolute atomic E-state index is 0.0329. The molecule has 1 N–H and O–H groups in total. The van der Waals surface area contributed by atoms with Crippen molar-refractivity contribution in [2.24, 2.45) is 0 Å². The lowest BCUT2D eigenvalue weighted by Gasteiger charge is -2.26. The largest absolute Gasteiger partial charge is 0.490 e. The Balaban J connectivity index is 1.40. The highest BCUT2D eigenvalue weighted by Crippen LogP contribution is 2.34. The number of morpholine rings is 1. The number of carbonyl (C=O) groups is 1. The zero-order valence-electron chi connectivity index (χ0n) is 17.2. The molecule has 0 aliphatic carbocycles. The molecule has 0 unspecified atom stereocenters. The minimum Gasteiger partial charge on any atom is -0.490 e. The maximum absolute atomic E-state index is 12.9. The third-order valence-corrected chi connectivity index (χ3v) is 8.27.